The lowest BCUT2D eigenvalue weighted by Gasteiger charge is -2.36. The number of aryl methyl sites for hydroxylation is 1. The Labute approximate surface area is 254 Å². The molecule has 0 aliphatic heterocycles. The fourth-order valence-corrected chi connectivity index (χ4v) is 5.49. The maximum atomic E-state index is 14.1. The number of ether oxygens (including phenoxy) is 2. The smallest absolute Gasteiger partial charge is 0.281 e. The van der Waals surface area contributed by atoms with E-state index < -0.39 is 6.04 Å². The molecule has 0 aliphatic rings. The maximum absolute atomic E-state index is 14.1. The van der Waals surface area contributed by atoms with Gasteiger partial charge in [0.2, 0.25) is 0 Å². The van der Waals surface area contributed by atoms with E-state index in [1.807, 2.05) is 79.4 Å². The Bertz CT molecular complexity index is 1600. The summed E-state index contributed by atoms with van der Waals surface area (Å²) < 4.78 is 13.0. The molecule has 1 heterocycles. The summed E-state index contributed by atoms with van der Waals surface area (Å²) >= 11 is 0. The van der Waals surface area contributed by atoms with Crippen molar-refractivity contribution in [1.82, 2.24) is 14.5 Å². The van der Waals surface area contributed by atoms with E-state index in [0.717, 1.165) is 16.8 Å². The molecule has 0 saturated carbocycles. The summed E-state index contributed by atoms with van der Waals surface area (Å²) in [6, 6.07) is 22.6. The average Bonchev–Trinajstić information content (AvgIpc) is 3.01. The molecule has 0 spiro atoms. The summed E-state index contributed by atoms with van der Waals surface area (Å²) in [5.41, 5.74) is 10.2. The van der Waals surface area contributed by atoms with E-state index in [9.17, 15) is 9.59 Å². The predicted octanol–water partition coefficient (Wildman–Crippen LogP) is 5.78. The van der Waals surface area contributed by atoms with Crippen LogP contribution in [0.2, 0.25) is 0 Å². The first-order chi connectivity index (χ1) is 20.7. The van der Waals surface area contributed by atoms with E-state index in [4.69, 9.17) is 20.2 Å². The average molecular weight is 583 g/mol. The molecule has 0 radical (unpaired) electrons. The van der Waals surface area contributed by atoms with E-state index in [-0.39, 0.29) is 17.4 Å². The highest BCUT2D eigenvalue weighted by atomic mass is 16.5. The molecule has 1 atom stereocenters. The van der Waals surface area contributed by atoms with Gasteiger partial charge in [0.1, 0.15) is 5.82 Å². The van der Waals surface area contributed by atoms with Crippen LogP contribution in [0.4, 0.5) is 0 Å². The van der Waals surface area contributed by atoms with E-state index >= 15 is 0 Å². The van der Waals surface area contributed by atoms with Crippen LogP contribution in [0.1, 0.15) is 59.3 Å². The van der Waals surface area contributed by atoms with Gasteiger partial charge < -0.3 is 24.7 Å². The molecule has 8 heteroatoms. The van der Waals surface area contributed by atoms with Crippen LogP contribution >= 0.6 is 0 Å². The van der Waals surface area contributed by atoms with Crippen LogP contribution in [-0.2, 0) is 6.54 Å². The second-order valence-electron chi connectivity index (χ2n) is 11.1. The van der Waals surface area contributed by atoms with Gasteiger partial charge in [-0.25, -0.2) is 0 Å². The molecule has 1 amide bonds. The molecule has 8 nitrogen and oxygen atoms in total. The van der Waals surface area contributed by atoms with E-state index in [1.54, 1.807) is 26.4 Å². The van der Waals surface area contributed by atoms with Crippen molar-refractivity contribution >= 4 is 5.91 Å². The number of aromatic nitrogens is 2. The van der Waals surface area contributed by atoms with Crippen molar-refractivity contribution in [2.75, 3.05) is 27.3 Å². The molecule has 226 valence electrons. The SMILES string of the molecule is COc1ccc(-c2c(C)n(Cc3ccccc3)c(C(C(C)C)N(CCCN)C(=O)c3ccc(C)cc3)nc2=O)cc1OC. The Morgan fingerprint density at radius 3 is 2.23 bits per heavy atom. The number of methoxy groups -OCH3 is 2. The third kappa shape index (κ3) is 6.97. The van der Waals surface area contributed by atoms with Crippen molar-refractivity contribution in [3.05, 3.63) is 111 Å². The van der Waals surface area contributed by atoms with Crippen LogP contribution in [0.3, 0.4) is 0 Å². The van der Waals surface area contributed by atoms with Crippen molar-refractivity contribution in [2.24, 2.45) is 11.7 Å². The normalized spacial score (nSPS) is 11.8. The van der Waals surface area contributed by atoms with Crippen LogP contribution in [0.25, 0.3) is 11.1 Å². The lowest BCUT2D eigenvalue weighted by atomic mass is 9.97. The summed E-state index contributed by atoms with van der Waals surface area (Å²) in [5.74, 6) is 1.47. The lowest BCUT2D eigenvalue weighted by molar-refractivity contribution is 0.0602. The van der Waals surface area contributed by atoms with Crippen molar-refractivity contribution < 1.29 is 14.3 Å². The highest BCUT2D eigenvalue weighted by Crippen LogP contribution is 2.35. The molecular weight excluding hydrogens is 540 g/mol. The van der Waals surface area contributed by atoms with Gasteiger partial charge >= 0.3 is 0 Å². The predicted molar refractivity (Wildman–Crippen MR) is 171 cm³/mol. The van der Waals surface area contributed by atoms with Gasteiger partial charge in [0.15, 0.2) is 11.5 Å². The molecule has 4 rings (SSSR count). The van der Waals surface area contributed by atoms with Gasteiger partial charge in [-0.15, -0.1) is 0 Å². The van der Waals surface area contributed by atoms with E-state index in [2.05, 4.69) is 18.4 Å². The number of nitrogens with two attached hydrogens (primary N) is 1. The zero-order valence-electron chi connectivity index (χ0n) is 26.0. The number of hydrogen-bond acceptors (Lipinski definition) is 6. The topological polar surface area (TPSA) is 99.7 Å². The minimum absolute atomic E-state index is 0.0487. The highest BCUT2D eigenvalue weighted by Gasteiger charge is 2.33. The number of nitrogens with zero attached hydrogens (tertiary/aromatic N) is 3. The van der Waals surface area contributed by atoms with Crippen molar-refractivity contribution in [3.8, 4) is 22.6 Å². The van der Waals surface area contributed by atoms with Gasteiger partial charge in [-0.3, -0.25) is 9.59 Å². The number of carbonyl (C=O) groups is 1. The molecule has 0 fully saturated rings. The van der Waals surface area contributed by atoms with Gasteiger partial charge in [-0.2, -0.15) is 4.98 Å². The lowest BCUT2D eigenvalue weighted by Crippen LogP contribution is -2.42. The monoisotopic (exact) mass is 582 g/mol. The Morgan fingerprint density at radius 1 is 0.953 bits per heavy atom. The van der Waals surface area contributed by atoms with Gasteiger partial charge in [-0.1, -0.05) is 67.9 Å². The Balaban J connectivity index is 1.95. The maximum Gasteiger partial charge on any atom is 0.281 e. The summed E-state index contributed by atoms with van der Waals surface area (Å²) in [5, 5.41) is 0. The minimum atomic E-state index is -0.477. The second kappa shape index (κ2) is 14.2. The first-order valence-electron chi connectivity index (χ1n) is 14.7. The van der Waals surface area contributed by atoms with Gasteiger partial charge in [0.05, 0.1) is 25.8 Å². The van der Waals surface area contributed by atoms with Gasteiger partial charge in [-0.05, 0) is 68.1 Å². The summed E-state index contributed by atoms with van der Waals surface area (Å²) in [6.07, 6.45) is 0.618. The van der Waals surface area contributed by atoms with Crippen LogP contribution in [-0.4, -0.2) is 47.7 Å². The number of hydrogen-bond donors (Lipinski definition) is 1. The third-order valence-corrected chi connectivity index (χ3v) is 7.72. The highest BCUT2D eigenvalue weighted by molar-refractivity contribution is 5.94. The Morgan fingerprint density at radius 2 is 1.63 bits per heavy atom. The Kier molecular flexibility index (Phi) is 10.4. The molecule has 2 N–H and O–H groups in total. The molecule has 3 aromatic carbocycles. The second-order valence-corrected chi connectivity index (χ2v) is 11.1. The molecule has 43 heavy (non-hydrogen) atoms. The number of rotatable bonds is 12. The summed E-state index contributed by atoms with van der Waals surface area (Å²) in [7, 11) is 3.14. The summed E-state index contributed by atoms with van der Waals surface area (Å²) in [4.78, 5) is 34.6. The first kappa shape index (κ1) is 31.5. The number of benzene rings is 3. The third-order valence-electron chi connectivity index (χ3n) is 7.72. The van der Waals surface area contributed by atoms with Gasteiger partial charge in [0.25, 0.3) is 11.5 Å². The standard InChI is InChI=1S/C35H42N4O4/c1-23(2)32(38(20-10-19-36)35(41)27-15-13-24(3)14-16-27)33-37-34(40)31(28-17-18-29(42-5)30(21-28)43-6)25(4)39(33)22-26-11-8-7-9-12-26/h7-9,11-18,21,23,32H,10,19-20,22,36H2,1-6H3. The molecule has 1 aromatic heterocycles. The molecule has 0 aliphatic carbocycles. The first-order valence-corrected chi connectivity index (χ1v) is 14.7. The van der Waals surface area contributed by atoms with Crippen molar-refractivity contribution in [3.63, 3.8) is 0 Å². The Hall–Kier alpha value is -4.43. The van der Waals surface area contributed by atoms with Crippen LogP contribution in [0, 0.1) is 19.8 Å². The molecule has 1 unspecified atom stereocenters. The van der Waals surface area contributed by atoms with Crippen molar-refractivity contribution in [1.29, 1.82) is 0 Å². The zero-order chi connectivity index (χ0) is 31.1. The largest absolute Gasteiger partial charge is 0.493 e. The van der Waals surface area contributed by atoms with E-state index in [1.165, 1.54) is 0 Å². The fourth-order valence-electron chi connectivity index (χ4n) is 5.49. The summed E-state index contributed by atoms with van der Waals surface area (Å²) in [6.45, 7) is 9.38. The number of amides is 1. The zero-order valence-corrected chi connectivity index (χ0v) is 26.0. The van der Waals surface area contributed by atoms with Crippen LogP contribution < -0.4 is 20.8 Å². The van der Waals surface area contributed by atoms with Crippen LogP contribution in [0.5, 0.6) is 11.5 Å². The van der Waals surface area contributed by atoms with E-state index in [0.29, 0.717) is 60.1 Å². The molecule has 0 saturated heterocycles. The molecule has 4 aromatic rings. The molecule has 0 bridgehead atoms. The number of carbonyl (C=O) groups excluding carboxylic acids is 1. The van der Waals surface area contributed by atoms with Crippen LogP contribution in [0.15, 0.2) is 77.6 Å². The minimum Gasteiger partial charge on any atom is -0.493 e. The molecular formula is C35H42N4O4. The van der Waals surface area contributed by atoms with Gasteiger partial charge in [0, 0.05) is 24.3 Å². The fraction of sp³-hybridized carbons (Fsp3) is 0.343. The van der Waals surface area contributed by atoms with Crippen molar-refractivity contribution in [2.45, 2.75) is 46.7 Å². The quantitative estimate of drug-likeness (QED) is 0.227.